The van der Waals surface area contributed by atoms with Crippen molar-refractivity contribution in [1.82, 2.24) is 0 Å². The van der Waals surface area contributed by atoms with Gasteiger partial charge in [-0.3, -0.25) is 4.79 Å². The number of hydrogen-bond acceptors (Lipinski definition) is 2. The number of halogens is 2. The third-order valence-corrected chi connectivity index (χ3v) is 4.34. The summed E-state index contributed by atoms with van der Waals surface area (Å²) in [5.74, 6) is 0.746. The van der Waals surface area contributed by atoms with Crippen molar-refractivity contribution in [3.05, 3.63) is 62.6 Å². The Morgan fingerprint density at radius 3 is 2.85 bits per heavy atom. The largest absolute Gasteiger partial charge is 0.484 e. The first-order valence-electron chi connectivity index (χ1n) is 6.30. The number of carbonyl (C=O) groups excluding carboxylic acids is 1. The molecule has 2 aromatic carbocycles. The van der Waals surface area contributed by atoms with Crippen LogP contribution in [0.25, 0.3) is 0 Å². The first-order chi connectivity index (χ1) is 9.54. The normalized spacial score (nSPS) is 17.6. The van der Waals surface area contributed by atoms with E-state index in [9.17, 15) is 4.79 Å². The zero-order chi connectivity index (χ0) is 14.3. The van der Waals surface area contributed by atoms with Crippen LogP contribution in [0.3, 0.4) is 0 Å². The molecule has 0 N–H and O–H groups in total. The molecular formula is C16H12BrClO2. The Morgan fingerprint density at radius 1 is 1.25 bits per heavy atom. The van der Waals surface area contributed by atoms with Gasteiger partial charge in [0.05, 0.1) is 12.0 Å². The third-order valence-electron chi connectivity index (χ3n) is 3.38. The molecule has 3 rings (SSSR count). The van der Waals surface area contributed by atoms with E-state index in [1.807, 2.05) is 37.3 Å². The number of fused-ring (bicyclic) bond motifs is 1. The van der Waals surface area contributed by atoms with Gasteiger partial charge in [-0.2, -0.15) is 0 Å². The number of aryl methyl sites for hydroxylation is 1. The highest BCUT2D eigenvalue weighted by Crippen LogP contribution is 2.38. The summed E-state index contributed by atoms with van der Waals surface area (Å²) in [6.07, 6.45) is 0.0286. The number of hydrogen-bond donors (Lipinski definition) is 0. The summed E-state index contributed by atoms with van der Waals surface area (Å²) in [6, 6.07) is 11.2. The Balaban J connectivity index is 2.01. The monoisotopic (exact) mass is 350 g/mol. The Morgan fingerprint density at radius 2 is 2.05 bits per heavy atom. The summed E-state index contributed by atoms with van der Waals surface area (Å²) in [4.78, 5) is 12.3. The average molecular weight is 352 g/mol. The van der Waals surface area contributed by atoms with E-state index in [-0.39, 0.29) is 11.9 Å². The van der Waals surface area contributed by atoms with Gasteiger partial charge in [0, 0.05) is 15.1 Å². The van der Waals surface area contributed by atoms with E-state index in [0.29, 0.717) is 22.8 Å². The number of ether oxygens (including phenoxy) is 1. The SMILES string of the molecule is Cc1ccc2c(c1)C(=O)CC(c1cc(Cl)ccc1Br)O2. The predicted octanol–water partition coefficient (Wildman–Crippen LogP) is 5.12. The fraction of sp³-hybridized carbons (Fsp3) is 0.188. The molecule has 1 heterocycles. The molecule has 0 amide bonds. The minimum atomic E-state index is -0.300. The summed E-state index contributed by atoms with van der Waals surface area (Å²) in [5, 5.41) is 0.633. The van der Waals surface area contributed by atoms with Crippen molar-refractivity contribution in [2.45, 2.75) is 19.4 Å². The van der Waals surface area contributed by atoms with Crippen LogP contribution in [0.15, 0.2) is 40.9 Å². The molecule has 2 nitrogen and oxygen atoms in total. The smallest absolute Gasteiger partial charge is 0.170 e. The van der Waals surface area contributed by atoms with Gasteiger partial charge in [-0.15, -0.1) is 0 Å². The summed E-state index contributed by atoms with van der Waals surface area (Å²) >= 11 is 9.52. The minimum Gasteiger partial charge on any atom is -0.484 e. The van der Waals surface area contributed by atoms with Gasteiger partial charge < -0.3 is 4.74 Å². The van der Waals surface area contributed by atoms with Gasteiger partial charge in [-0.1, -0.05) is 39.2 Å². The quantitative estimate of drug-likeness (QED) is 0.713. The summed E-state index contributed by atoms with van der Waals surface area (Å²) in [5.41, 5.74) is 2.62. The Hall–Kier alpha value is -1.32. The van der Waals surface area contributed by atoms with E-state index in [1.165, 1.54) is 0 Å². The number of benzene rings is 2. The van der Waals surface area contributed by atoms with Crippen LogP contribution in [0.5, 0.6) is 5.75 Å². The number of rotatable bonds is 1. The van der Waals surface area contributed by atoms with E-state index in [4.69, 9.17) is 16.3 Å². The maximum Gasteiger partial charge on any atom is 0.170 e. The molecule has 0 spiro atoms. The zero-order valence-electron chi connectivity index (χ0n) is 10.8. The molecule has 0 saturated carbocycles. The van der Waals surface area contributed by atoms with Gasteiger partial charge in [-0.05, 0) is 37.3 Å². The zero-order valence-corrected chi connectivity index (χ0v) is 13.2. The number of Topliss-reactive ketones (excluding diaryl/α,β-unsaturated/α-hetero) is 1. The van der Waals surface area contributed by atoms with E-state index in [2.05, 4.69) is 15.9 Å². The molecule has 0 radical (unpaired) electrons. The highest BCUT2D eigenvalue weighted by atomic mass is 79.9. The first-order valence-corrected chi connectivity index (χ1v) is 7.47. The first kappa shape index (κ1) is 13.7. The lowest BCUT2D eigenvalue weighted by atomic mass is 9.95. The molecule has 1 atom stereocenters. The Kier molecular flexibility index (Phi) is 3.57. The van der Waals surface area contributed by atoms with Crippen LogP contribution in [-0.4, -0.2) is 5.78 Å². The maximum atomic E-state index is 12.3. The van der Waals surface area contributed by atoms with Crippen LogP contribution < -0.4 is 4.74 Å². The number of ketones is 1. The van der Waals surface area contributed by atoms with E-state index < -0.39 is 0 Å². The molecule has 102 valence electrons. The van der Waals surface area contributed by atoms with Crippen molar-refractivity contribution >= 4 is 33.3 Å². The van der Waals surface area contributed by atoms with Crippen LogP contribution in [0, 0.1) is 6.92 Å². The molecule has 0 bridgehead atoms. The molecule has 1 aliphatic heterocycles. The second-order valence-corrected chi connectivity index (χ2v) is 6.19. The second kappa shape index (κ2) is 5.23. The molecule has 0 aliphatic carbocycles. The van der Waals surface area contributed by atoms with Crippen molar-refractivity contribution in [3.8, 4) is 5.75 Å². The Labute approximate surface area is 130 Å². The summed E-state index contributed by atoms with van der Waals surface area (Å²) in [6.45, 7) is 1.97. The lowest BCUT2D eigenvalue weighted by Gasteiger charge is -2.26. The van der Waals surface area contributed by atoms with E-state index >= 15 is 0 Å². The topological polar surface area (TPSA) is 26.3 Å². The summed E-state index contributed by atoms with van der Waals surface area (Å²) < 4.78 is 6.87. The van der Waals surface area contributed by atoms with Crippen molar-refractivity contribution in [2.75, 3.05) is 0 Å². The fourth-order valence-corrected chi connectivity index (χ4v) is 3.06. The van der Waals surface area contributed by atoms with Gasteiger partial charge >= 0.3 is 0 Å². The highest BCUT2D eigenvalue weighted by Gasteiger charge is 2.28. The fourth-order valence-electron chi connectivity index (χ4n) is 2.37. The van der Waals surface area contributed by atoms with Crippen molar-refractivity contribution in [3.63, 3.8) is 0 Å². The van der Waals surface area contributed by atoms with E-state index in [1.54, 1.807) is 6.07 Å². The minimum absolute atomic E-state index is 0.104. The van der Waals surface area contributed by atoms with Gasteiger partial charge in [0.15, 0.2) is 5.78 Å². The summed E-state index contributed by atoms with van der Waals surface area (Å²) in [7, 11) is 0. The molecule has 2 aromatic rings. The van der Waals surface area contributed by atoms with Crippen LogP contribution in [0.4, 0.5) is 0 Å². The van der Waals surface area contributed by atoms with Crippen LogP contribution in [-0.2, 0) is 0 Å². The van der Waals surface area contributed by atoms with Gasteiger partial charge in [0.25, 0.3) is 0 Å². The molecular weight excluding hydrogens is 340 g/mol. The van der Waals surface area contributed by atoms with Gasteiger partial charge in [-0.25, -0.2) is 0 Å². The van der Waals surface area contributed by atoms with Crippen LogP contribution >= 0.6 is 27.5 Å². The van der Waals surface area contributed by atoms with Crippen molar-refractivity contribution < 1.29 is 9.53 Å². The molecule has 4 heteroatoms. The molecule has 0 aromatic heterocycles. The molecule has 20 heavy (non-hydrogen) atoms. The highest BCUT2D eigenvalue weighted by molar-refractivity contribution is 9.10. The Bertz CT molecular complexity index is 697. The lowest BCUT2D eigenvalue weighted by Crippen LogP contribution is -2.20. The standard InChI is InChI=1S/C16H12BrClO2/c1-9-2-5-15-12(6-9)14(19)8-16(20-15)11-7-10(18)3-4-13(11)17/h2-7,16H,8H2,1H3. The molecule has 1 aliphatic rings. The van der Waals surface area contributed by atoms with E-state index in [0.717, 1.165) is 15.6 Å². The van der Waals surface area contributed by atoms with Crippen LogP contribution in [0.2, 0.25) is 5.02 Å². The van der Waals surface area contributed by atoms with Gasteiger partial charge in [0.2, 0.25) is 0 Å². The van der Waals surface area contributed by atoms with Gasteiger partial charge in [0.1, 0.15) is 11.9 Å². The molecule has 0 fully saturated rings. The van der Waals surface area contributed by atoms with Crippen molar-refractivity contribution in [1.29, 1.82) is 0 Å². The second-order valence-electron chi connectivity index (χ2n) is 4.90. The third kappa shape index (κ3) is 2.48. The number of carbonyl (C=O) groups is 1. The average Bonchev–Trinajstić information content (AvgIpc) is 2.42. The predicted molar refractivity (Wildman–Crippen MR) is 82.6 cm³/mol. The molecule has 1 unspecified atom stereocenters. The van der Waals surface area contributed by atoms with Crippen molar-refractivity contribution in [2.24, 2.45) is 0 Å². The maximum absolute atomic E-state index is 12.3. The molecule has 0 saturated heterocycles. The lowest BCUT2D eigenvalue weighted by molar-refractivity contribution is 0.0849. The van der Waals surface area contributed by atoms with Crippen LogP contribution in [0.1, 0.15) is 34.0 Å².